The molecule has 4 heteroatoms. The van der Waals surface area contributed by atoms with Crippen molar-refractivity contribution in [2.45, 2.75) is 39.5 Å². The van der Waals surface area contributed by atoms with Gasteiger partial charge in [0, 0.05) is 25.1 Å². The van der Waals surface area contributed by atoms with E-state index in [1.807, 2.05) is 36.9 Å². The van der Waals surface area contributed by atoms with Crippen LogP contribution in [0.1, 0.15) is 47.2 Å². The molecule has 21 heavy (non-hydrogen) atoms. The number of aliphatic carboxylic acids is 1. The molecular weight excluding hydrogens is 266 g/mol. The van der Waals surface area contributed by atoms with E-state index in [0.717, 1.165) is 49.0 Å². The van der Waals surface area contributed by atoms with E-state index in [1.165, 1.54) is 0 Å². The molecule has 1 aliphatic rings. The lowest BCUT2D eigenvalue weighted by molar-refractivity contribution is -0.137. The number of rotatable bonds is 4. The number of piperidine rings is 1. The Morgan fingerprint density at radius 2 is 1.76 bits per heavy atom. The average molecular weight is 289 g/mol. The van der Waals surface area contributed by atoms with Crippen LogP contribution in [0.25, 0.3) is 0 Å². The quantitative estimate of drug-likeness (QED) is 0.927. The Morgan fingerprint density at radius 3 is 2.29 bits per heavy atom. The first-order valence-corrected chi connectivity index (χ1v) is 7.56. The van der Waals surface area contributed by atoms with Gasteiger partial charge >= 0.3 is 5.97 Å². The lowest BCUT2D eigenvalue weighted by Crippen LogP contribution is -2.39. The van der Waals surface area contributed by atoms with Gasteiger partial charge in [0.25, 0.3) is 5.91 Å². The van der Waals surface area contributed by atoms with Gasteiger partial charge in [0.1, 0.15) is 0 Å². The summed E-state index contributed by atoms with van der Waals surface area (Å²) in [7, 11) is 0. The van der Waals surface area contributed by atoms with Gasteiger partial charge in [-0.05, 0) is 50.2 Å². The molecule has 1 N–H and O–H groups in total. The summed E-state index contributed by atoms with van der Waals surface area (Å²) in [5.74, 6) is -0.186. The van der Waals surface area contributed by atoms with E-state index < -0.39 is 5.97 Å². The molecule has 0 aliphatic carbocycles. The molecule has 1 aromatic rings. The monoisotopic (exact) mass is 289 g/mol. The molecule has 1 heterocycles. The van der Waals surface area contributed by atoms with Gasteiger partial charge in [0.05, 0.1) is 0 Å². The average Bonchev–Trinajstić information content (AvgIpc) is 2.45. The summed E-state index contributed by atoms with van der Waals surface area (Å²) >= 11 is 0. The SMILES string of the molecule is Cc1cccc(C)c1C(=O)N1CCC(CCC(=O)O)CC1. The fourth-order valence-electron chi connectivity index (χ4n) is 3.06. The molecule has 1 saturated heterocycles. The number of likely N-dealkylation sites (tertiary alicyclic amines) is 1. The summed E-state index contributed by atoms with van der Waals surface area (Å²) in [4.78, 5) is 25.2. The third kappa shape index (κ3) is 3.84. The number of carbonyl (C=O) groups excluding carboxylic acids is 1. The lowest BCUT2D eigenvalue weighted by Gasteiger charge is -2.32. The molecule has 0 atom stereocenters. The number of amides is 1. The standard InChI is InChI=1S/C17H23NO3/c1-12-4-3-5-13(2)16(12)17(21)18-10-8-14(9-11-18)6-7-15(19)20/h3-5,14H,6-11H2,1-2H3,(H,19,20). The smallest absolute Gasteiger partial charge is 0.303 e. The minimum atomic E-state index is -0.732. The Balaban J connectivity index is 1.96. The first-order chi connectivity index (χ1) is 9.99. The van der Waals surface area contributed by atoms with Crippen molar-refractivity contribution in [3.8, 4) is 0 Å². The molecule has 1 aromatic carbocycles. The lowest BCUT2D eigenvalue weighted by atomic mass is 9.91. The van der Waals surface area contributed by atoms with E-state index in [1.54, 1.807) is 0 Å². The fraction of sp³-hybridized carbons (Fsp3) is 0.529. The number of carboxylic acids is 1. The van der Waals surface area contributed by atoms with Crippen LogP contribution in [-0.4, -0.2) is 35.0 Å². The Morgan fingerprint density at radius 1 is 1.19 bits per heavy atom. The Labute approximate surface area is 125 Å². The van der Waals surface area contributed by atoms with Gasteiger partial charge in [-0.15, -0.1) is 0 Å². The van der Waals surface area contributed by atoms with Crippen molar-refractivity contribution in [2.75, 3.05) is 13.1 Å². The van der Waals surface area contributed by atoms with Crippen molar-refractivity contribution in [1.29, 1.82) is 0 Å². The number of aryl methyl sites for hydroxylation is 2. The highest BCUT2D eigenvalue weighted by atomic mass is 16.4. The van der Waals surface area contributed by atoms with Crippen LogP contribution in [0.5, 0.6) is 0 Å². The second-order valence-electron chi connectivity index (χ2n) is 5.93. The van der Waals surface area contributed by atoms with Crippen LogP contribution in [0.3, 0.4) is 0 Å². The van der Waals surface area contributed by atoms with Crippen molar-refractivity contribution < 1.29 is 14.7 Å². The molecule has 0 radical (unpaired) electrons. The van der Waals surface area contributed by atoms with Crippen molar-refractivity contribution in [1.82, 2.24) is 4.90 Å². The molecule has 0 unspecified atom stereocenters. The van der Waals surface area contributed by atoms with Crippen LogP contribution in [0.4, 0.5) is 0 Å². The summed E-state index contributed by atoms with van der Waals surface area (Å²) in [6.45, 7) is 5.41. The highest BCUT2D eigenvalue weighted by Crippen LogP contribution is 2.24. The van der Waals surface area contributed by atoms with E-state index >= 15 is 0 Å². The summed E-state index contributed by atoms with van der Waals surface area (Å²) in [6.07, 6.45) is 2.77. The molecule has 0 saturated carbocycles. The first kappa shape index (κ1) is 15.5. The number of hydrogen-bond acceptors (Lipinski definition) is 2. The second-order valence-corrected chi connectivity index (χ2v) is 5.93. The first-order valence-electron chi connectivity index (χ1n) is 7.56. The molecule has 0 aromatic heterocycles. The zero-order valence-electron chi connectivity index (χ0n) is 12.8. The maximum Gasteiger partial charge on any atom is 0.303 e. The van der Waals surface area contributed by atoms with Gasteiger partial charge < -0.3 is 10.0 Å². The van der Waals surface area contributed by atoms with Gasteiger partial charge in [-0.1, -0.05) is 18.2 Å². The Kier molecular flexibility index (Phi) is 4.99. The van der Waals surface area contributed by atoms with Crippen molar-refractivity contribution in [3.63, 3.8) is 0 Å². The van der Waals surface area contributed by atoms with Gasteiger partial charge in [-0.25, -0.2) is 0 Å². The highest BCUT2D eigenvalue weighted by Gasteiger charge is 2.25. The number of carbonyl (C=O) groups is 2. The van der Waals surface area contributed by atoms with E-state index in [0.29, 0.717) is 5.92 Å². The van der Waals surface area contributed by atoms with Crippen molar-refractivity contribution >= 4 is 11.9 Å². The topological polar surface area (TPSA) is 57.6 Å². The van der Waals surface area contributed by atoms with Crippen molar-refractivity contribution in [2.24, 2.45) is 5.92 Å². The summed E-state index contributed by atoms with van der Waals surface area (Å²) < 4.78 is 0. The largest absolute Gasteiger partial charge is 0.481 e. The molecule has 2 rings (SSSR count). The Bertz CT molecular complexity index is 511. The van der Waals surface area contributed by atoms with Crippen LogP contribution in [0.15, 0.2) is 18.2 Å². The zero-order chi connectivity index (χ0) is 15.4. The normalized spacial score (nSPS) is 16.0. The Hall–Kier alpha value is -1.84. The molecule has 1 amide bonds. The van der Waals surface area contributed by atoms with E-state index in [9.17, 15) is 9.59 Å². The van der Waals surface area contributed by atoms with Gasteiger partial charge in [0.2, 0.25) is 0 Å². The van der Waals surface area contributed by atoms with Crippen LogP contribution in [-0.2, 0) is 4.79 Å². The zero-order valence-corrected chi connectivity index (χ0v) is 12.8. The molecular formula is C17H23NO3. The third-order valence-electron chi connectivity index (χ3n) is 4.36. The summed E-state index contributed by atoms with van der Waals surface area (Å²) in [5.41, 5.74) is 2.86. The number of benzene rings is 1. The third-order valence-corrected chi connectivity index (χ3v) is 4.36. The van der Waals surface area contributed by atoms with Crippen LogP contribution < -0.4 is 0 Å². The molecule has 1 aliphatic heterocycles. The fourth-order valence-corrected chi connectivity index (χ4v) is 3.06. The van der Waals surface area contributed by atoms with Gasteiger partial charge in [-0.2, -0.15) is 0 Å². The van der Waals surface area contributed by atoms with Crippen molar-refractivity contribution in [3.05, 3.63) is 34.9 Å². The van der Waals surface area contributed by atoms with E-state index in [4.69, 9.17) is 5.11 Å². The number of carboxylic acid groups (broad SMARTS) is 1. The van der Waals surface area contributed by atoms with E-state index in [2.05, 4.69) is 0 Å². The molecule has 0 bridgehead atoms. The predicted octanol–water partition coefficient (Wildman–Crippen LogP) is 3.02. The minimum absolute atomic E-state index is 0.113. The molecule has 114 valence electrons. The molecule has 1 fully saturated rings. The maximum atomic E-state index is 12.6. The number of hydrogen-bond donors (Lipinski definition) is 1. The van der Waals surface area contributed by atoms with Gasteiger partial charge in [-0.3, -0.25) is 9.59 Å². The van der Waals surface area contributed by atoms with Crippen LogP contribution >= 0.6 is 0 Å². The minimum Gasteiger partial charge on any atom is -0.481 e. The van der Waals surface area contributed by atoms with Gasteiger partial charge in [0.15, 0.2) is 0 Å². The maximum absolute atomic E-state index is 12.6. The van der Waals surface area contributed by atoms with Crippen LogP contribution in [0.2, 0.25) is 0 Å². The van der Waals surface area contributed by atoms with E-state index in [-0.39, 0.29) is 12.3 Å². The molecule has 4 nitrogen and oxygen atoms in total. The number of nitrogens with zero attached hydrogens (tertiary/aromatic N) is 1. The van der Waals surface area contributed by atoms with Crippen LogP contribution in [0, 0.1) is 19.8 Å². The highest BCUT2D eigenvalue weighted by molar-refractivity contribution is 5.97. The second kappa shape index (κ2) is 6.74. The molecule has 0 spiro atoms. The summed E-state index contributed by atoms with van der Waals surface area (Å²) in [6, 6.07) is 5.92. The summed E-state index contributed by atoms with van der Waals surface area (Å²) in [5, 5.41) is 8.73. The predicted molar refractivity (Wildman–Crippen MR) is 81.4 cm³/mol.